The number of halogens is 2. The van der Waals surface area contributed by atoms with Gasteiger partial charge >= 0.3 is 6.09 Å². The maximum absolute atomic E-state index is 12.1. The lowest BCUT2D eigenvalue weighted by Gasteiger charge is -2.33. The van der Waals surface area contributed by atoms with E-state index < -0.39 is 5.60 Å². The van der Waals surface area contributed by atoms with E-state index in [9.17, 15) is 4.79 Å². The molecule has 24 heavy (non-hydrogen) atoms. The molecule has 1 aromatic rings. The van der Waals surface area contributed by atoms with Crippen LogP contribution in [0, 0.1) is 0 Å². The number of likely N-dealkylation sites (tertiary alicyclic amines) is 1. The van der Waals surface area contributed by atoms with Gasteiger partial charge in [0.05, 0.1) is 4.90 Å². The minimum Gasteiger partial charge on any atom is -0.489 e. The van der Waals surface area contributed by atoms with Crippen molar-refractivity contribution in [2.75, 3.05) is 13.1 Å². The lowest BCUT2D eigenvalue weighted by Crippen LogP contribution is -2.44. The molecule has 0 atom stereocenters. The fourth-order valence-corrected chi connectivity index (χ4v) is 4.41. The normalized spacial score (nSPS) is 16.1. The molecular weight excluding hydrogens is 389 g/mol. The molecule has 1 aliphatic heterocycles. The fourth-order valence-electron chi connectivity index (χ4n) is 2.39. The Morgan fingerprint density at radius 1 is 1.21 bits per heavy atom. The van der Waals surface area contributed by atoms with Crippen LogP contribution in [0.25, 0.3) is 0 Å². The molecule has 1 saturated heterocycles. The van der Waals surface area contributed by atoms with Crippen molar-refractivity contribution in [3.8, 4) is 5.75 Å². The zero-order valence-electron chi connectivity index (χ0n) is 13.9. The standard InChI is InChI=1S/C16H21Cl2NO3S2/c1-16(2,3)22-15(20)19-9-7-11(8-10-19)21-12-5-4-6-13(23-17)14(12)24-18/h4-6,11H,7-10H2,1-3H3. The highest BCUT2D eigenvalue weighted by atomic mass is 35.7. The van der Waals surface area contributed by atoms with Crippen LogP contribution in [0.1, 0.15) is 33.6 Å². The Labute approximate surface area is 160 Å². The Morgan fingerprint density at radius 3 is 2.42 bits per heavy atom. The van der Waals surface area contributed by atoms with Crippen LogP contribution in [0.2, 0.25) is 0 Å². The number of carbonyl (C=O) groups excluding carboxylic acids is 1. The number of hydrogen-bond donors (Lipinski definition) is 0. The summed E-state index contributed by atoms with van der Waals surface area (Å²) in [5.74, 6) is 0.733. The average Bonchev–Trinajstić information content (AvgIpc) is 2.53. The molecule has 1 aromatic carbocycles. The van der Waals surface area contributed by atoms with E-state index in [1.54, 1.807) is 4.90 Å². The summed E-state index contributed by atoms with van der Waals surface area (Å²) in [6.07, 6.45) is 1.29. The SMILES string of the molecule is CC(C)(C)OC(=O)N1CCC(Oc2cccc(SCl)c2SCl)CC1. The third kappa shape index (κ3) is 5.55. The zero-order chi connectivity index (χ0) is 17.7. The highest BCUT2D eigenvalue weighted by Gasteiger charge is 2.28. The molecule has 2 rings (SSSR count). The van der Waals surface area contributed by atoms with Gasteiger partial charge in [-0.1, -0.05) is 6.07 Å². The summed E-state index contributed by atoms with van der Waals surface area (Å²) in [4.78, 5) is 15.5. The van der Waals surface area contributed by atoms with Crippen LogP contribution in [0.3, 0.4) is 0 Å². The summed E-state index contributed by atoms with van der Waals surface area (Å²) in [6, 6.07) is 5.69. The molecule has 0 aliphatic carbocycles. The molecule has 0 radical (unpaired) electrons. The molecule has 1 heterocycles. The van der Waals surface area contributed by atoms with Gasteiger partial charge in [-0.3, -0.25) is 0 Å². The van der Waals surface area contributed by atoms with Crippen molar-refractivity contribution in [1.82, 2.24) is 4.90 Å². The summed E-state index contributed by atoms with van der Waals surface area (Å²) in [7, 11) is 14.0. The Kier molecular flexibility index (Phi) is 7.28. The molecule has 0 N–H and O–H groups in total. The number of hydrogen-bond acceptors (Lipinski definition) is 5. The van der Waals surface area contributed by atoms with Crippen LogP contribution in [0.4, 0.5) is 4.79 Å². The minimum atomic E-state index is -0.476. The number of piperidine rings is 1. The highest BCUT2D eigenvalue weighted by molar-refractivity contribution is 8.23. The van der Waals surface area contributed by atoms with E-state index in [-0.39, 0.29) is 12.2 Å². The molecule has 1 fully saturated rings. The maximum atomic E-state index is 12.1. The summed E-state index contributed by atoms with van der Waals surface area (Å²) in [5.41, 5.74) is -0.476. The lowest BCUT2D eigenvalue weighted by atomic mass is 10.1. The van der Waals surface area contributed by atoms with Gasteiger partial charge in [0.1, 0.15) is 17.5 Å². The van der Waals surface area contributed by atoms with Crippen LogP contribution < -0.4 is 4.74 Å². The molecule has 1 aliphatic rings. The number of carbonyl (C=O) groups is 1. The Balaban J connectivity index is 1.93. The molecule has 8 heteroatoms. The van der Waals surface area contributed by atoms with Crippen molar-refractivity contribution in [2.45, 2.75) is 55.1 Å². The number of benzene rings is 1. The second kappa shape index (κ2) is 8.79. The zero-order valence-corrected chi connectivity index (χ0v) is 17.0. The van der Waals surface area contributed by atoms with Gasteiger partial charge < -0.3 is 14.4 Å². The summed E-state index contributed by atoms with van der Waals surface area (Å²) in [6.45, 7) is 6.84. The first-order chi connectivity index (χ1) is 11.3. The molecule has 1 amide bonds. The quantitative estimate of drug-likeness (QED) is 0.613. The molecule has 0 spiro atoms. The molecule has 134 valence electrons. The fraction of sp³-hybridized carbons (Fsp3) is 0.562. The van der Waals surface area contributed by atoms with Crippen molar-refractivity contribution in [3.63, 3.8) is 0 Å². The van der Waals surface area contributed by atoms with E-state index in [1.807, 2.05) is 39.0 Å². The largest absolute Gasteiger partial charge is 0.489 e. The smallest absolute Gasteiger partial charge is 0.410 e. The van der Waals surface area contributed by atoms with Gasteiger partial charge in [-0.15, -0.1) is 0 Å². The molecule has 0 unspecified atom stereocenters. The van der Waals surface area contributed by atoms with Crippen LogP contribution in [0.5, 0.6) is 5.75 Å². The second-order valence-electron chi connectivity index (χ2n) is 6.52. The van der Waals surface area contributed by atoms with Gasteiger partial charge in [0.25, 0.3) is 0 Å². The van der Waals surface area contributed by atoms with Gasteiger partial charge in [0, 0.05) is 30.8 Å². The van der Waals surface area contributed by atoms with Gasteiger partial charge in [-0.25, -0.2) is 4.79 Å². The first kappa shape index (κ1) is 19.9. The van der Waals surface area contributed by atoms with Crippen molar-refractivity contribution >= 4 is 49.4 Å². The Hall–Kier alpha value is -0.430. The first-order valence-corrected chi connectivity index (χ1v) is 11.0. The van der Waals surface area contributed by atoms with Crippen molar-refractivity contribution in [1.29, 1.82) is 0 Å². The third-order valence-corrected chi connectivity index (χ3v) is 5.66. The van der Waals surface area contributed by atoms with Crippen LogP contribution in [-0.4, -0.2) is 35.8 Å². The number of ether oxygens (including phenoxy) is 2. The predicted octanol–water partition coefficient (Wildman–Crippen LogP) is 5.96. The summed E-state index contributed by atoms with van der Waals surface area (Å²) >= 11 is 0. The Morgan fingerprint density at radius 2 is 1.88 bits per heavy atom. The number of rotatable bonds is 4. The second-order valence-corrected chi connectivity index (χ2v) is 8.60. The van der Waals surface area contributed by atoms with E-state index in [2.05, 4.69) is 0 Å². The predicted molar refractivity (Wildman–Crippen MR) is 101 cm³/mol. The molecule has 0 aromatic heterocycles. The molecular formula is C16H21Cl2NO3S2. The van der Waals surface area contributed by atoms with E-state index in [0.29, 0.717) is 13.1 Å². The summed E-state index contributed by atoms with van der Waals surface area (Å²) < 4.78 is 11.5. The van der Waals surface area contributed by atoms with E-state index in [0.717, 1.165) is 50.3 Å². The van der Waals surface area contributed by atoms with Gasteiger partial charge in [0.2, 0.25) is 0 Å². The maximum Gasteiger partial charge on any atom is 0.410 e. The van der Waals surface area contributed by atoms with Gasteiger partial charge in [-0.2, -0.15) is 0 Å². The van der Waals surface area contributed by atoms with E-state index >= 15 is 0 Å². The molecule has 4 nitrogen and oxygen atoms in total. The van der Waals surface area contributed by atoms with Crippen LogP contribution in [0.15, 0.2) is 28.0 Å². The summed E-state index contributed by atoms with van der Waals surface area (Å²) in [5, 5.41) is 0. The topological polar surface area (TPSA) is 38.8 Å². The van der Waals surface area contributed by atoms with E-state index in [4.69, 9.17) is 30.8 Å². The van der Waals surface area contributed by atoms with E-state index in [1.165, 1.54) is 0 Å². The Bertz CT molecular complexity index is 573. The van der Waals surface area contributed by atoms with Crippen molar-refractivity contribution in [2.24, 2.45) is 0 Å². The van der Waals surface area contributed by atoms with Crippen molar-refractivity contribution < 1.29 is 14.3 Å². The minimum absolute atomic E-state index is 0.0434. The average molecular weight is 410 g/mol. The third-order valence-electron chi connectivity index (χ3n) is 3.49. The first-order valence-electron chi connectivity index (χ1n) is 7.69. The monoisotopic (exact) mass is 409 g/mol. The van der Waals surface area contributed by atoms with Gasteiger partial charge in [0.15, 0.2) is 0 Å². The van der Waals surface area contributed by atoms with Crippen LogP contribution in [-0.2, 0) is 4.74 Å². The van der Waals surface area contributed by atoms with Crippen molar-refractivity contribution in [3.05, 3.63) is 18.2 Å². The van der Waals surface area contributed by atoms with Gasteiger partial charge in [-0.05, 0) is 76.2 Å². The van der Waals surface area contributed by atoms with Crippen LogP contribution >= 0.6 is 43.3 Å². The molecule has 0 bridgehead atoms. The molecule has 0 saturated carbocycles. The number of nitrogens with zero attached hydrogens (tertiary/aromatic N) is 1. The number of amides is 1. The highest BCUT2D eigenvalue weighted by Crippen LogP contribution is 2.42. The lowest BCUT2D eigenvalue weighted by molar-refractivity contribution is 0.0124.